The number of rotatable bonds is 3. The van der Waals surface area contributed by atoms with Crippen LogP contribution in [0.3, 0.4) is 0 Å². The maximum atomic E-state index is 11.1. The zero-order chi connectivity index (χ0) is 13.1. The van der Waals surface area contributed by atoms with Crippen LogP contribution in [0, 0.1) is 0 Å². The molecule has 0 aliphatic carbocycles. The molecule has 1 atom stereocenters. The van der Waals surface area contributed by atoms with Crippen molar-refractivity contribution in [3.8, 4) is 0 Å². The quantitative estimate of drug-likeness (QED) is 0.738. The van der Waals surface area contributed by atoms with E-state index >= 15 is 0 Å². The third-order valence-corrected chi connectivity index (χ3v) is 3.43. The largest absolute Gasteiger partial charge is 0.389 e. The summed E-state index contributed by atoms with van der Waals surface area (Å²) in [6, 6.07) is 5.63. The summed E-state index contributed by atoms with van der Waals surface area (Å²) >= 11 is 11.0. The molecule has 0 spiro atoms. The van der Waals surface area contributed by atoms with Gasteiger partial charge in [0.05, 0.1) is 10.7 Å². The molecule has 1 aromatic carbocycles. The fourth-order valence-corrected chi connectivity index (χ4v) is 2.22. The molecule has 96 valence electrons. The Morgan fingerprint density at radius 3 is 2.89 bits per heavy atom. The number of carbonyl (C=O) groups excluding carboxylic acids is 1. The van der Waals surface area contributed by atoms with Crippen LogP contribution in [0.2, 0.25) is 5.02 Å². The molecule has 1 amide bonds. The van der Waals surface area contributed by atoms with Gasteiger partial charge in [-0.05, 0) is 24.6 Å². The molecule has 4 N–H and O–H groups in total. The normalized spacial score (nSPS) is 19.2. The van der Waals surface area contributed by atoms with E-state index in [1.54, 1.807) is 6.07 Å². The Hall–Kier alpha value is -1.33. The Balaban J connectivity index is 2.05. The number of amides is 1. The maximum absolute atomic E-state index is 11.1. The molecule has 4 nitrogen and oxygen atoms in total. The molecule has 18 heavy (non-hydrogen) atoms. The van der Waals surface area contributed by atoms with Crippen LogP contribution < -0.4 is 16.4 Å². The van der Waals surface area contributed by atoms with Crippen LogP contribution in [0.25, 0.3) is 0 Å². The summed E-state index contributed by atoms with van der Waals surface area (Å²) in [5.41, 5.74) is 7.12. The van der Waals surface area contributed by atoms with Gasteiger partial charge >= 0.3 is 0 Å². The van der Waals surface area contributed by atoms with Gasteiger partial charge in [0.2, 0.25) is 5.91 Å². The number of piperidine rings is 1. The predicted octanol–water partition coefficient (Wildman–Crippen LogP) is 1.66. The lowest BCUT2D eigenvalue weighted by Crippen LogP contribution is -2.41. The van der Waals surface area contributed by atoms with E-state index < -0.39 is 0 Å². The zero-order valence-electron chi connectivity index (χ0n) is 9.70. The van der Waals surface area contributed by atoms with Gasteiger partial charge in [-0.1, -0.05) is 23.8 Å². The Bertz CT molecular complexity index is 482. The number of nitrogens with two attached hydrogens (primary N) is 1. The first-order valence-corrected chi connectivity index (χ1v) is 6.47. The Labute approximate surface area is 116 Å². The molecule has 1 aliphatic heterocycles. The van der Waals surface area contributed by atoms with Crippen LogP contribution in [0.4, 0.5) is 5.69 Å². The summed E-state index contributed by atoms with van der Waals surface area (Å²) in [6.45, 7) is 0.617. The van der Waals surface area contributed by atoms with Crippen LogP contribution in [0.5, 0.6) is 0 Å². The number of carbonyl (C=O) groups is 1. The van der Waals surface area contributed by atoms with Gasteiger partial charge in [-0.2, -0.15) is 0 Å². The van der Waals surface area contributed by atoms with Crippen LogP contribution >= 0.6 is 23.8 Å². The summed E-state index contributed by atoms with van der Waals surface area (Å²) in [7, 11) is 0. The van der Waals surface area contributed by atoms with Crippen LogP contribution in [0.15, 0.2) is 18.2 Å². The molecule has 1 aliphatic rings. The van der Waals surface area contributed by atoms with E-state index in [1.807, 2.05) is 12.1 Å². The van der Waals surface area contributed by atoms with E-state index in [2.05, 4.69) is 10.6 Å². The minimum atomic E-state index is 0.1000. The Morgan fingerprint density at radius 1 is 1.56 bits per heavy atom. The third-order valence-electron chi connectivity index (χ3n) is 2.88. The highest BCUT2D eigenvalue weighted by Gasteiger charge is 2.18. The Morgan fingerprint density at radius 2 is 2.33 bits per heavy atom. The number of halogens is 1. The van der Waals surface area contributed by atoms with E-state index in [9.17, 15) is 4.79 Å². The molecule has 0 radical (unpaired) electrons. The number of nitrogens with one attached hydrogen (secondary N) is 2. The van der Waals surface area contributed by atoms with Gasteiger partial charge in [-0.15, -0.1) is 0 Å². The molecular weight excluding hydrogens is 270 g/mol. The van der Waals surface area contributed by atoms with Crippen molar-refractivity contribution in [2.24, 2.45) is 5.73 Å². The van der Waals surface area contributed by atoms with Crippen LogP contribution in [0.1, 0.15) is 18.4 Å². The lowest BCUT2D eigenvalue weighted by molar-refractivity contribution is -0.122. The van der Waals surface area contributed by atoms with E-state index in [0.717, 1.165) is 17.7 Å². The first-order valence-electron chi connectivity index (χ1n) is 5.69. The van der Waals surface area contributed by atoms with Crippen molar-refractivity contribution in [3.63, 3.8) is 0 Å². The van der Waals surface area contributed by atoms with E-state index in [-0.39, 0.29) is 11.9 Å². The Kier molecular flexibility index (Phi) is 4.04. The van der Waals surface area contributed by atoms with Crippen LogP contribution in [-0.4, -0.2) is 23.5 Å². The van der Waals surface area contributed by atoms with Crippen molar-refractivity contribution < 1.29 is 4.79 Å². The van der Waals surface area contributed by atoms with Crippen LogP contribution in [-0.2, 0) is 4.79 Å². The van der Waals surface area contributed by atoms with Gasteiger partial charge in [0.15, 0.2) is 0 Å². The number of benzene rings is 1. The number of hydrogen-bond acceptors (Lipinski definition) is 3. The molecule has 1 heterocycles. The van der Waals surface area contributed by atoms with Gasteiger partial charge < -0.3 is 16.4 Å². The van der Waals surface area contributed by atoms with Gasteiger partial charge in [-0.3, -0.25) is 4.79 Å². The molecule has 1 aromatic rings. The number of hydrogen-bond donors (Lipinski definition) is 3. The predicted molar refractivity (Wildman–Crippen MR) is 77.0 cm³/mol. The third kappa shape index (κ3) is 3.11. The number of thiocarbonyl (C=S) groups is 1. The van der Waals surface area contributed by atoms with Gasteiger partial charge in [-0.25, -0.2) is 0 Å². The standard InChI is InChI=1S/C12H14ClN3OS/c13-9-5-7(12(14)18)1-3-10(9)16-8-2-4-11(17)15-6-8/h1,3,5,8,16H,2,4,6H2,(H2,14,18)(H,15,17). The van der Waals surface area contributed by atoms with Crippen molar-refractivity contribution >= 4 is 40.4 Å². The van der Waals surface area contributed by atoms with Gasteiger partial charge in [0.1, 0.15) is 4.99 Å². The second kappa shape index (κ2) is 5.54. The smallest absolute Gasteiger partial charge is 0.220 e. The molecule has 0 bridgehead atoms. The highest BCUT2D eigenvalue weighted by Crippen LogP contribution is 2.24. The molecular formula is C12H14ClN3OS. The molecule has 1 saturated heterocycles. The van der Waals surface area contributed by atoms with E-state index in [1.165, 1.54) is 0 Å². The van der Waals surface area contributed by atoms with Gasteiger partial charge in [0, 0.05) is 24.6 Å². The topological polar surface area (TPSA) is 67.1 Å². The highest BCUT2D eigenvalue weighted by atomic mass is 35.5. The summed E-state index contributed by atoms with van der Waals surface area (Å²) < 4.78 is 0. The molecule has 1 fully saturated rings. The average Bonchev–Trinajstić information content (AvgIpc) is 2.34. The summed E-state index contributed by atoms with van der Waals surface area (Å²) in [5, 5.41) is 6.70. The SMILES string of the molecule is NC(=S)c1ccc(NC2CCC(=O)NC2)c(Cl)c1. The number of anilines is 1. The van der Waals surface area contributed by atoms with E-state index in [0.29, 0.717) is 23.0 Å². The summed E-state index contributed by atoms with van der Waals surface area (Å²) in [5.74, 6) is 0.1000. The highest BCUT2D eigenvalue weighted by molar-refractivity contribution is 7.80. The summed E-state index contributed by atoms with van der Waals surface area (Å²) in [4.78, 5) is 11.4. The van der Waals surface area contributed by atoms with Gasteiger partial charge in [0.25, 0.3) is 0 Å². The molecule has 6 heteroatoms. The first-order chi connectivity index (χ1) is 8.56. The molecule has 1 unspecified atom stereocenters. The van der Waals surface area contributed by atoms with Crippen molar-refractivity contribution in [2.45, 2.75) is 18.9 Å². The lowest BCUT2D eigenvalue weighted by atomic mass is 10.1. The fourth-order valence-electron chi connectivity index (χ4n) is 1.86. The van der Waals surface area contributed by atoms with Crippen molar-refractivity contribution in [1.29, 1.82) is 0 Å². The van der Waals surface area contributed by atoms with E-state index in [4.69, 9.17) is 29.6 Å². The lowest BCUT2D eigenvalue weighted by Gasteiger charge is -2.25. The second-order valence-electron chi connectivity index (χ2n) is 4.24. The van der Waals surface area contributed by atoms with Crippen molar-refractivity contribution in [2.75, 3.05) is 11.9 Å². The minimum absolute atomic E-state index is 0.1000. The minimum Gasteiger partial charge on any atom is -0.389 e. The van der Waals surface area contributed by atoms with Crippen molar-refractivity contribution in [3.05, 3.63) is 28.8 Å². The monoisotopic (exact) mass is 283 g/mol. The van der Waals surface area contributed by atoms with Crippen molar-refractivity contribution in [1.82, 2.24) is 5.32 Å². The summed E-state index contributed by atoms with van der Waals surface area (Å²) in [6.07, 6.45) is 1.35. The molecule has 0 aromatic heterocycles. The molecule has 0 saturated carbocycles. The average molecular weight is 284 g/mol. The zero-order valence-corrected chi connectivity index (χ0v) is 11.3. The maximum Gasteiger partial charge on any atom is 0.220 e. The first kappa shape index (κ1) is 13.1. The second-order valence-corrected chi connectivity index (χ2v) is 5.09. The fraction of sp³-hybridized carbons (Fsp3) is 0.333. The molecule has 2 rings (SSSR count).